The zero-order valence-corrected chi connectivity index (χ0v) is 14.1. The van der Waals surface area contributed by atoms with Gasteiger partial charge >= 0.3 is 132 Å². The topological polar surface area (TPSA) is 38.7 Å². The number of ether oxygens (including phenoxy) is 1. The van der Waals surface area contributed by atoms with Crippen LogP contribution in [0.4, 0.5) is 0 Å². The summed E-state index contributed by atoms with van der Waals surface area (Å²) in [6.45, 7) is 0.938. The first-order chi connectivity index (χ1) is 10.2. The Hall–Kier alpha value is -1.12. The summed E-state index contributed by atoms with van der Waals surface area (Å²) in [5.41, 5.74) is 1.29. The second kappa shape index (κ2) is 6.33. The van der Waals surface area contributed by atoms with Crippen molar-refractivity contribution in [3.63, 3.8) is 0 Å². The number of carbonyl (C=O) groups excluding carboxylic acids is 1. The maximum absolute atomic E-state index is 11.8. The summed E-state index contributed by atoms with van der Waals surface area (Å²) in [4.78, 5) is 17.3. The van der Waals surface area contributed by atoms with E-state index in [1.165, 1.54) is 23.7 Å². The third kappa shape index (κ3) is 3.22. The molecule has 1 aromatic rings. The van der Waals surface area contributed by atoms with Gasteiger partial charge in [0.1, 0.15) is 0 Å². The molecule has 0 aromatic heterocycles. The molecule has 2 atom stereocenters. The van der Waals surface area contributed by atoms with Crippen LogP contribution in [0.1, 0.15) is 32.1 Å². The molecule has 1 unspecified atom stereocenters. The zero-order valence-electron chi connectivity index (χ0n) is 12.4. The van der Waals surface area contributed by atoms with E-state index >= 15 is 0 Å². The Bertz CT molecular complexity index is 543. The van der Waals surface area contributed by atoms with Gasteiger partial charge in [-0.2, -0.15) is 0 Å². The summed E-state index contributed by atoms with van der Waals surface area (Å²) >= 11 is 0.433. The zero-order chi connectivity index (χ0) is 14.7. The SMILES string of the molecule is COC(=O)C[C@]12CCCC1=NCC([Se]c1ccccc1)C2. The van der Waals surface area contributed by atoms with Crippen molar-refractivity contribution in [1.82, 2.24) is 0 Å². The summed E-state index contributed by atoms with van der Waals surface area (Å²) in [6.07, 6.45) is 4.96. The molecule has 1 aliphatic heterocycles. The van der Waals surface area contributed by atoms with Crippen molar-refractivity contribution in [2.45, 2.75) is 36.9 Å². The van der Waals surface area contributed by atoms with Crippen LogP contribution in [0.3, 0.4) is 0 Å². The van der Waals surface area contributed by atoms with Gasteiger partial charge in [-0.1, -0.05) is 0 Å². The van der Waals surface area contributed by atoms with Crippen LogP contribution in [-0.2, 0) is 9.53 Å². The molecule has 0 radical (unpaired) electrons. The molecule has 1 saturated carbocycles. The van der Waals surface area contributed by atoms with Gasteiger partial charge in [0.05, 0.1) is 0 Å². The molecule has 2 aliphatic rings. The van der Waals surface area contributed by atoms with Crippen molar-refractivity contribution in [3.05, 3.63) is 30.3 Å². The summed E-state index contributed by atoms with van der Waals surface area (Å²) < 4.78 is 6.35. The third-order valence-corrected chi connectivity index (χ3v) is 7.05. The van der Waals surface area contributed by atoms with Gasteiger partial charge in [-0.3, -0.25) is 0 Å². The second-order valence-electron chi connectivity index (χ2n) is 5.93. The number of hydrogen-bond donors (Lipinski definition) is 0. The number of rotatable bonds is 4. The minimum atomic E-state index is -0.0857. The third-order valence-electron chi connectivity index (χ3n) is 4.54. The van der Waals surface area contributed by atoms with Crippen LogP contribution in [0.25, 0.3) is 0 Å². The number of hydrogen-bond acceptors (Lipinski definition) is 3. The standard InChI is InChI=1S/C17H21NO2Se/c1-20-16(19)11-17-9-5-8-15(17)18-12-14(10-17)21-13-6-3-2-4-7-13/h2-4,6-7,14H,5,8-12H2,1H3/t14?,17-/m1/s1. The average molecular weight is 350 g/mol. The van der Waals surface area contributed by atoms with Crippen LogP contribution in [0, 0.1) is 5.41 Å². The first-order valence-electron chi connectivity index (χ1n) is 7.54. The molecule has 4 heteroatoms. The van der Waals surface area contributed by atoms with Crippen molar-refractivity contribution < 1.29 is 9.53 Å². The van der Waals surface area contributed by atoms with Gasteiger partial charge in [-0.25, -0.2) is 0 Å². The predicted octanol–water partition coefficient (Wildman–Crippen LogP) is 2.38. The van der Waals surface area contributed by atoms with Gasteiger partial charge in [0, 0.05) is 0 Å². The van der Waals surface area contributed by atoms with Crippen LogP contribution in [-0.4, -0.2) is 40.3 Å². The Morgan fingerprint density at radius 3 is 3.00 bits per heavy atom. The van der Waals surface area contributed by atoms with Crippen molar-refractivity contribution in [1.29, 1.82) is 0 Å². The summed E-state index contributed by atoms with van der Waals surface area (Å²) in [5.74, 6) is -0.0857. The molecule has 3 nitrogen and oxygen atoms in total. The van der Waals surface area contributed by atoms with Gasteiger partial charge in [0.25, 0.3) is 0 Å². The van der Waals surface area contributed by atoms with Gasteiger partial charge in [0.2, 0.25) is 0 Å². The number of aliphatic imine (C=N–C) groups is 1. The van der Waals surface area contributed by atoms with Gasteiger partial charge in [-0.15, -0.1) is 0 Å². The first-order valence-corrected chi connectivity index (χ1v) is 9.39. The van der Waals surface area contributed by atoms with Crippen molar-refractivity contribution in [3.8, 4) is 0 Å². The van der Waals surface area contributed by atoms with E-state index in [1.54, 1.807) is 0 Å². The number of benzene rings is 1. The molecule has 3 rings (SSSR count). The average Bonchev–Trinajstić information content (AvgIpc) is 2.90. The Labute approximate surface area is 132 Å². The molecule has 0 spiro atoms. The van der Waals surface area contributed by atoms with E-state index in [-0.39, 0.29) is 11.4 Å². The van der Waals surface area contributed by atoms with E-state index in [4.69, 9.17) is 9.73 Å². The van der Waals surface area contributed by atoms with Crippen LogP contribution in [0.15, 0.2) is 35.3 Å². The van der Waals surface area contributed by atoms with E-state index in [2.05, 4.69) is 30.3 Å². The molecular weight excluding hydrogens is 329 g/mol. The monoisotopic (exact) mass is 351 g/mol. The molecule has 1 fully saturated rings. The number of esters is 1. The fourth-order valence-electron chi connectivity index (χ4n) is 3.56. The quantitative estimate of drug-likeness (QED) is 0.618. The molecule has 0 N–H and O–H groups in total. The fraction of sp³-hybridized carbons (Fsp3) is 0.529. The van der Waals surface area contributed by atoms with Crippen LogP contribution < -0.4 is 4.46 Å². The molecule has 1 heterocycles. The Morgan fingerprint density at radius 2 is 2.24 bits per heavy atom. The van der Waals surface area contributed by atoms with Crippen molar-refractivity contribution >= 4 is 31.1 Å². The number of nitrogens with zero attached hydrogens (tertiary/aromatic N) is 1. The maximum atomic E-state index is 11.8. The van der Waals surface area contributed by atoms with Crippen LogP contribution in [0.2, 0.25) is 4.82 Å². The van der Waals surface area contributed by atoms with Crippen LogP contribution in [0.5, 0.6) is 0 Å². The molecule has 0 amide bonds. The summed E-state index contributed by atoms with van der Waals surface area (Å²) in [6, 6.07) is 10.7. The van der Waals surface area contributed by atoms with Gasteiger partial charge < -0.3 is 0 Å². The fourth-order valence-corrected chi connectivity index (χ4v) is 6.19. The normalized spacial score (nSPS) is 27.9. The number of methoxy groups -OCH3 is 1. The Balaban J connectivity index is 1.75. The predicted molar refractivity (Wildman–Crippen MR) is 85.4 cm³/mol. The number of carbonyl (C=O) groups is 1. The van der Waals surface area contributed by atoms with E-state index in [9.17, 15) is 4.79 Å². The van der Waals surface area contributed by atoms with E-state index in [0.717, 1.165) is 25.8 Å². The summed E-state index contributed by atoms with van der Waals surface area (Å²) in [5, 5.41) is 0. The Kier molecular flexibility index (Phi) is 4.46. The second-order valence-corrected chi connectivity index (χ2v) is 8.81. The minimum absolute atomic E-state index is 0.00649. The van der Waals surface area contributed by atoms with E-state index < -0.39 is 0 Å². The molecule has 0 bridgehead atoms. The molecule has 0 saturated heterocycles. The Morgan fingerprint density at radius 1 is 1.43 bits per heavy atom. The van der Waals surface area contributed by atoms with Crippen molar-refractivity contribution in [2.24, 2.45) is 10.4 Å². The van der Waals surface area contributed by atoms with E-state index in [1.807, 2.05) is 0 Å². The van der Waals surface area contributed by atoms with E-state index in [0.29, 0.717) is 26.2 Å². The summed E-state index contributed by atoms with van der Waals surface area (Å²) in [7, 11) is 1.49. The van der Waals surface area contributed by atoms with Crippen molar-refractivity contribution in [2.75, 3.05) is 13.7 Å². The first kappa shape index (κ1) is 14.8. The molecule has 1 aromatic carbocycles. The molecular formula is C17H21NO2Se. The number of fused-ring (bicyclic) bond motifs is 1. The molecule has 21 heavy (non-hydrogen) atoms. The van der Waals surface area contributed by atoms with Gasteiger partial charge in [-0.05, 0) is 0 Å². The molecule has 112 valence electrons. The van der Waals surface area contributed by atoms with Gasteiger partial charge in [0.15, 0.2) is 0 Å². The van der Waals surface area contributed by atoms with Crippen LogP contribution >= 0.6 is 0 Å². The molecule has 1 aliphatic carbocycles.